The SMILES string of the molecule is CCC(=O)N1CCc2ccc(C(=O)O)cc2C1. The number of amides is 1. The summed E-state index contributed by atoms with van der Waals surface area (Å²) in [6.45, 7) is 3.10. The second-order valence-electron chi connectivity index (χ2n) is 4.21. The van der Waals surface area contributed by atoms with Gasteiger partial charge in [-0.25, -0.2) is 4.79 Å². The fourth-order valence-electron chi connectivity index (χ4n) is 2.13. The molecule has 0 saturated carbocycles. The first-order chi connectivity index (χ1) is 8.11. The van der Waals surface area contributed by atoms with Gasteiger partial charge in [0.25, 0.3) is 0 Å². The molecule has 0 spiro atoms. The molecule has 0 radical (unpaired) electrons. The Kier molecular flexibility index (Phi) is 3.13. The Hall–Kier alpha value is -1.84. The lowest BCUT2D eigenvalue weighted by molar-refractivity contribution is -0.131. The Labute approximate surface area is 99.9 Å². The van der Waals surface area contributed by atoms with Crippen LogP contribution in [-0.4, -0.2) is 28.4 Å². The number of carbonyl (C=O) groups is 2. The quantitative estimate of drug-likeness (QED) is 0.845. The van der Waals surface area contributed by atoms with Crippen LogP contribution in [0.2, 0.25) is 0 Å². The molecule has 0 unspecified atom stereocenters. The number of carboxylic acids is 1. The monoisotopic (exact) mass is 233 g/mol. The van der Waals surface area contributed by atoms with Gasteiger partial charge in [-0.1, -0.05) is 13.0 Å². The second kappa shape index (κ2) is 4.57. The topological polar surface area (TPSA) is 57.6 Å². The molecule has 4 heteroatoms. The Morgan fingerprint density at radius 3 is 2.76 bits per heavy atom. The van der Waals surface area contributed by atoms with E-state index < -0.39 is 5.97 Å². The number of nitrogens with zero attached hydrogens (tertiary/aromatic N) is 1. The number of hydrogen-bond donors (Lipinski definition) is 1. The minimum Gasteiger partial charge on any atom is -0.478 e. The van der Waals surface area contributed by atoms with E-state index in [4.69, 9.17) is 5.11 Å². The van der Waals surface area contributed by atoms with Crippen LogP contribution in [0.4, 0.5) is 0 Å². The fraction of sp³-hybridized carbons (Fsp3) is 0.385. The summed E-state index contributed by atoms with van der Waals surface area (Å²) in [5.74, 6) is -0.803. The molecule has 1 aliphatic heterocycles. The minimum absolute atomic E-state index is 0.122. The van der Waals surface area contributed by atoms with Crippen LogP contribution >= 0.6 is 0 Å². The first-order valence-electron chi connectivity index (χ1n) is 5.74. The maximum atomic E-state index is 11.6. The van der Waals surface area contributed by atoms with Gasteiger partial charge in [-0.3, -0.25) is 4.79 Å². The van der Waals surface area contributed by atoms with Crippen molar-refractivity contribution in [1.29, 1.82) is 0 Å². The number of fused-ring (bicyclic) bond motifs is 1. The van der Waals surface area contributed by atoms with Gasteiger partial charge in [-0.05, 0) is 29.7 Å². The fourth-order valence-corrected chi connectivity index (χ4v) is 2.13. The van der Waals surface area contributed by atoms with Crippen LogP contribution in [0.25, 0.3) is 0 Å². The zero-order chi connectivity index (χ0) is 12.4. The molecule has 0 atom stereocenters. The van der Waals surface area contributed by atoms with Gasteiger partial charge < -0.3 is 10.0 Å². The molecule has 1 heterocycles. The van der Waals surface area contributed by atoms with E-state index in [9.17, 15) is 9.59 Å². The lowest BCUT2D eigenvalue weighted by atomic mass is 9.97. The number of benzene rings is 1. The van der Waals surface area contributed by atoms with Crippen molar-refractivity contribution in [2.75, 3.05) is 6.54 Å². The normalized spacial score (nSPS) is 14.3. The molecule has 1 aliphatic rings. The molecule has 17 heavy (non-hydrogen) atoms. The molecule has 1 N–H and O–H groups in total. The third kappa shape index (κ3) is 2.30. The van der Waals surface area contributed by atoms with Gasteiger partial charge in [-0.2, -0.15) is 0 Å². The van der Waals surface area contributed by atoms with Gasteiger partial charge in [-0.15, -0.1) is 0 Å². The lowest BCUT2D eigenvalue weighted by Gasteiger charge is -2.28. The van der Waals surface area contributed by atoms with Gasteiger partial charge in [0, 0.05) is 19.5 Å². The van der Waals surface area contributed by atoms with Crippen LogP contribution in [-0.2, 0) is 17.8 Å². The summed E-state index contributed by atoms with van der Waals surface area (Å²) in [7, 11) is 0. The number of carboxylic acid groups (broad SMARTS) is 1. The number of carbonyl (C=O) groups excluding carboxylic acids is 1. The Balaban J connectivity index is 2.26. The zero-order valence-corrected chi connectivity index (χ0v) is 9.77. The summed E-state index contributed by atoms with van der Waals surface area (Å²) in [6.07, 6.45) is 1.30. The molecule has 1 amide bonds. The lowest BCUT2D eigenvalue weighted by Crippen LogP contribution is -2.35. The van der Waals surface area contributed by atoms with Crippen LogP contribution < -0.4 is 0 Å². The van der Waals surface area contributed by atoms with E-state index in [1.54, 1.807) is 17.0 Å². The molecule has 1 aromatic carbocycles. The Morgan fingerprint density at radius 1 is 1.35 bits per heavy atom. The molecular weight excluding hydrogens is 218 g/mol. The van der Waals surface area contributed by atoms with Gasteiger partial charge in [0.05, 0.1) is 5.56 Å². The molecular formula is C13H15NO3. The van der Waals surface area contributed by atoms with E-state index >= 15 is 0 Å². The van der Waals surface area contributed by atoms with Gasteiger partial charge in [0.1, 0.15) is 0 Å². The van der Waals surface area contributed by atoms with Crippen molar-refractivity contribution < 1.29 is 14.7 Å². The highest BCUT2D eigenvalue weighted by Crippen LogP contribution is 2.21. The third-order valence-corrected chi connectivity index (χ3v) is 3.12. The zero-order valence-electron chi connectivity index (χ0n) is 9.77. The standard InChI is InChI=1S/C13H15NO3/c1-2-12(15)14-6-5-9-3-4-10(13(16)17)7-11(9)8-14/h3-4,7H,2,5-6,8H2,1H3,(H,16,17). The van der Waals surface area contributed by atoms with Gasteiger partial charge >= 0.3 is 5.97 Å². The molecule has 0 saturated heterocycles. The summed E-state index contributed by atoms with van der Waals surface area (Å²) in [6, 6.07) is 5.15. The second-order valence-corrected chi connectivity index (χ2v) is 4.21. The van der Waals surface area contributed by atoms with Crippen molar-refractivity contribution in [1.82, 2.24) is 4.90 Å². The average Bonchev–Trinajstić information content (AvgIpc) is 2.36. The van der Waals surface area contributed by atoms with Crippen molar-refractivity contribution in [3.05, 3.63) is 34.9 Å². The van der Waals surface area contributed by atoms with Crippen molar-refractivity contribution in [2.24, 2.45) is 0 Å². The minimum atomic E-state index is -0.924. The smallest absolute Gasteiger partial charge is 0.335 e. The van der Waals surface area contributed by atoms with Crippen LogP contribution in [0.15, 0.2) is 18.2 Å². The summed E-state index contributed by atoms with van der Waals surface area (Å²) >= 11 is 0. The molecule has 90 valence electrons. The van der Waals surface area contributed by atoms with Crippen molar-refractivity contribution in [2.45, 2.75) is 26.3 Å². The predicted octanol–water partition coefficient (Wildman–Crippen LogP) is 1.68. The summed E-state index contributed by atoms with van der Waals surface area (Å²) in [5, 5.41) is 8.93. The van der Waals surface area contributed by atoms with Crippen LogP contribution in [0.1, 0.15) is 34.8 Å². The van der Waals surface area contributed by atoms with E-state index in [0.29, 0.717) is 13.0 Å². The highest BCUT2D eigenvalue weighted by molar-refractivity contribution is 5.88. The Bertz CT molecular complexity index is 468. The molecule has 0 aliphatic carbocycles. The van der Waals surface area contributed by atoms with Crippen LogP contribution in [0.3, 0.4) is 0 Å². The van der Waals surface area contributed by atoms with Crippen molar-refractivity contribution in [3.8, 4) is 0 Å². The largest absolute Gasteiger partial charge is 0.478 e. The van der Waals surface area contributed by atoms with Crippen LogP contribution in [0, 0.1) is 0 Å². The average molecular weight is 233 g/mol. The first-order valence-corrected chi connectivity index (χ1v) is 5.74. The number of hydrogen-bond acceptors (Lipinski definition) is 2. The van der Waals surface area contributed by atoms with Gasteiger partial charge in [0.15, 0.2) is 0 Å². The molecule has 4 nitrogen and oxygen atoms in total. The highest BCUT2D eigenvalue weighted by atomic mass is 16.4. The molecule has 0 fully saturated rings. The van der Waals surface area contributed by atoms with Crippen LogP contribution in [0.5, 0.6) is 0 Å². The molecule has 1 aromatic rings. The summed E-state index contributed by atoms with van der Waals surface area (Å²) in [4.78, 5) is 24.3. The number of aromatic carboxylic acids is 1. The van der Waals surface area contributed by atoms with E-state index in [1.165, 1.54) is 0 Å². The van der Waals surface area contributed by atoms with Crippen molar-refractivity contribution in [3.63, 3.8) is 0 Å². The van der Waals surface area contributed by atoms with E-state index in [-0.39, 0.29) is 11.5 Å². The summed E-state index contributed by atoms with van der Waals surface area (Å²) < 4.78 is 0. The number of rotatable bonds is 2. The van der Waals surface area contributed by atoms with E-state index in [0.717, 1.165) is 24.1 Å². The highest BCUT2D eigenvalue weighted by Gasteiger charge is 2.20. The molecule has 0 aromatic heterocycles. The molecule has 0 bridgehead atoms. The predicted molar refractivity (Wildman–Crippen MR) is 62.8 cm³/mol. The Morgan fingerprint density at radius 2 is 2.12 bits per heavy atom. The maximum Gasteiger partial charge on any atom is 0.335 e. The van der Waals surface area contributed by atoms with Gasteiger partial charge in [0.2, 0.25) is 5.91 Å². The van der Waals surface area contributed by atoms with E-state index in [2.05, 4.69) is 0 Å². The third-order valence-electron chi connectivity index (χ3n) is 3.12. The first kappa shape index (κ1) is 11.6. The molecule has 2 rings (SSSR count). The maximum absolute atomic E-state index is 11.6. The van der Waals surface area contributed by atoms with E-state index in [1.807, 2.05) is 13.0 Å². The van der Waals surface area contributed by atoms with Crippen molar-refractivity contribution >= 4 is 11.9 Å². The summed E-state index contributed by atoms with van der Waals surface area (Å²) in [5.41, 5.74) is 2.39.